The monoisotopic (exact) mass is 349 g/mol. The molecule has 0 radical (unpaired) electrons. The van der Waals surface area contributed by atoms with Crippen LogP contribution in [-0.4, -0.2) is 19.3 Å². The van der Waals surface area contributed by atoms with E-state index in [1.165, 1.54) is 22.7 Å². The van der Waals surface area contributed by atoms with Gasteiger partial charge in [-0.3, -0.25) is 4.31 Å². The summed E-state index contributed by atoms with van der Waals surface area (Å²) < 4.78 is 39.7. The highest BCUT2D eigenvalue weighted by Crippen LogP contribution is 2.17. The van der Waals surface area contributed by atoms with Crippen LogP contribution in [0.3, 0.4) is 0 Å². The minimum atomic E-state index is -3.60. The lowest BCUT2D eigenvalue weighted by Gasteiger charge is -2.18. The van der Waals surface area contributed by atoms with E-state index in [0.717, 1.165) is 5.56 Å². The Morgan fingerprint density at radius 3 is 2.38 bits per heavy atom. The van der Waals surface area contributed by atoms with Gasteiger partial charge in [0.25, 0.3) is 10.0 Å². The first-order chi connectivity index (χ1) is 11.4. The fourth-order valence-corrected chi connectivity index (χ4v) is 3.25. The Labute approximate surface area is 144 Å². The second-order valence-electron chi connectivity index (χ2n) is 5.17. The quantitative estimate of drug-likeness (QED) is 0.495. The average Bonchev–Trinajstić information content (AvgIpc) is 2.54. The van der Waals surface area contributed by atoms with Gasteiger partial charge in [-0.1, -0.05) is 42.0 Å². The highest BCUT2D eigenvalue weighted by Gasteiger charge is 2.19. The zero-order valence-electron chi connectivity index (χ0n) is 14.3. The topological polar surface area (TPSA) is 37.4 Å². The van der Waals surface area contributed by atoms with Crippen LogP contribution in [0.5, 0.6) is 0 Å². The number of sulfonamides is 1. The predicted molar refractivity (Wildman–Crippen MR) is 97.6 cm³/mol. The number of halogens is 1. The molecular weight excluding hydrogens is 325 g/mol. The normalized spacial score (nSPS) is 13.4. The van der Waals surface area contributed by atoms with Crippen LogP contribution in [-0.2, 0) is 10.0 Å². The van der Waals surface area contributed by atoms with Crippen molar-refractivity contribution in [2.24, 2.45) is 0 Å². The highest BCUT2D eigenvalue weighted by atomic mass is 32.2. The molecule has 1 rings (SSSR count). The third kappa shape index (κ3) is 6.16. The SMILES string of the molecule is C/C=C\C(F)=C/C/C=C/CN(/C=C/C)S(=O)(=O)c1ccc(C)cc1. The summed E-state index contributed by atoms with van der Waals surface area (Å²) >= 11 is 0. The van der Waals surface area contributed by atoms with E-state index in [-0.39, 0.29) is 17.3 Å². The van der Waals surface area contributed by atoms with Gasteiger partial charge in [-0.15, -0.1) is 0 Å². The largest absolute Gasteiger partial charge is 0.270 e. The van der Waals surface area contributed by atoms with Crippen LogP contribution in [0.4, 0.5) is 4.39 Å². The first-order valence-corrected chi connectivity index (χ1v) is 9.20. The van der Waals surface area contributed by atoms with Gasteiger partial charge in [-0.25, -0.2) is 12.8 Å². The van der Waals surface area contributed by atoms with Gasteiger partial charge >= 0.3 is 0 Å². The molecule has 0 amide bonds. The number of benzene rings is 1. The molecule has 1 aromatic rings. The van der Waals surface area contributed by atoms with Crippen molar-refractivity contribution in [3.05, 3.63) is 78.3 Å². The predicted octanol–water partition coefficient (Wildman–Crippen LogP) is 4.90. The van der Waals surface area contributed by atoms with Crippen LogP contribution in [0.15, 0.2) is 77.6 Å². The van der Waals surface area contributed by atoms with Crippen LogP contribution >= 0.6 is 0 Å². The molecule has 0 aliphatic carbocycles. The number of rotatable bonds is 8. The Kier molecular flexibility index (Phi) is 8.19. The molecule has 0 saturated heterocycles. The molecule has 0 unspecified atom stereocenters. The van der Waals surface area contributed by atoms with Crippen molar-refractivity contribution in [3.63, 3.8) is 0 Å². The molecular formula is C19H24FNO2S. The molecule has 1 aromatic carbocycles. The maximum atomic E-state index is 13.2. The summed E-state index contributed by atoms with van der Waals surface area (Å²) in [6.07, 6.45) is 11.5. The first kappa shape index (κ1) is 19.9. The third-order valence-corrected chi connectivity index (χ3v) is 4.93. The molecule has 0 bridgehead atoms. The van der Waals surface area contributed by atoms with Gasteiger partial charge in [0.15, 0.2) is 0 Å². The molecule has 0 fully saturated rings. The molecule has 0 N–H and O–H groups in total. The van der Waals surface area contributed by atoms with Crippen molar-refractivity contribution >= 4 is 10.0 Å². The summed E-state index contributed by atoms with van der Waals surface area (Å²) in [5.74, 6) is -0.306. The highest BCUT2D eigenvalue weighted by molar-refractivity contribution is 7.89. The molecule has 24 heavy (non-hydrogen) atoms. The van der Waals surface area contributed by atoms with E-state index in [9.17, 15) is 12.8 Å². The first-order valence-electron chi connectivity index (χ1n) is 7.76. The van der Waals surface area contributed by atoms with Crippen molar-refractivity contribution in [1.29, 1.82) is 0 Å². The molecule has 0 heterocycles. The molecule has 0 aliphatic rings. The van der Waals surface area contributed by atoms with Crippen molar-refractivity contribution in [3.8, 4) is 0 Å². The van der Waals surface area contributed by atoms with Gasteiger partial charge in [0.05, 0.1) is 11.4 Å². The molecule has 5 heteroatoms. The second-order valence-corrected chi connectivity index (χ2v) is 7.06. The number of hydrogen-bond donors (Lipinski definition) is 0. The minimum Gasteiger partial charge on any atom is -0.270 e. The molecule has 0 spiro atoms. The van der Waals surface area contributed by atoms with E-state index in [4.69, 9.17) is 0 Å². The Bertz CT molecular complexity index is 729. The second kappa shape index (κ2) is 9.88. The standard InChI is InChI=1S/C19H24FNO2S/c1-4-9-18(20)10-7-6-8-16-21(15-5-2)24(22,23)19-13-11-17(3)12-14-19/h4-6,8-15H,7,16H2,1-3H3/b8-6+,9-4-,15-5+,18-10+. The lowest BCUT2D eigenvalue weighted by molar-refractivity contribution is 0.522. The van der Waals surface area contributed by atoms with Gasteiger partial charge in [-0.05, 0) is 51.5 Å². The van der Waals surface area contributed by atoms with Crippen LogP contribution in [0.1, 0.15) is 25.8 Å². The van der Waals surface area contributed by atoms with Crippen molar-refractivity contribution in [2.75, 3.05) is 6.54 Å². The van der Waals surface area contributed by atoms with Gasteiger partial charge in [0.2, 0.25) is 0 Å². The van der Waals surface area contributed by atoms with Crippen LogP contribution in [0.25, 0.3) is 0 Å². The number of aryl methyl sites for hydroxylation is 1. The zero-order chi connectivity index (χ0) is 18.0. The fourth-order valence-electron chi connectivity index (χ4n) is 1.93. The summed E-state index contributed by atoms with van der Waals surface area (Å²) in [6.45, 7) is 5.60. The molecule has 0 aliphatic heterocycles. The van der Waals surface area contributed by atoms with Crippen LogP contribution in [0, 0.1) is 6.92 Å². The van der Waals surface area contributed by atoms with Gasteiger partial charge in [-0.2, -0.15) is 0 Å². The van der Waals surface area contributed by atoms with Crippen molar-refractivity contribution < 1.29 is 12.8 Å². The summed E-state index contributed by atoms with van der Waals surface area (Å²) in [6, 6.07) is 6.73. The van der Waals surface area contributed by atoms with Crippen molar-refractivity contribution in [1.82, 2.24) is 4.31 Å². The number of hydrogen-bond acceptors (Lipinski definition) is 2. The summed E-state index contributed by atoms with van der Waals surface area (Å²) in [7, 11) is -3.60. The number of nitrogens with zero attached hydrogens (tertiary/aromatic N) is 1. The number of allylic oxidation sites excluding steroid dienone is 6. The summed E-state index contributed by atoms with van der Waals surface area (Å²) in [5.41, 5.74) is 1.00. The van der Waals surface area contributed by atoms with Crippen LogP contribution < -0.4 is 0 Å². The Balaban J connectivity index is 2.83. The Hall–Kier alpha value is -2.14. The molecule has 130 valence electrons. The molecule has 0 saturated carbocycles. The van der Waals surface area contributed by atoms with Gasteiger partial charge in [0.1, 0.15) is 5.83 Å². The molecule has 0 aromatic heterocycles. The minimum absolute atomic E-state index is 0.194. The zero-order valence-corrected chi connectivity index (χ0v) is 15.1. The van der Waals surface area contributed by atoms with E-state index in [2.05, 4.69) is 0 Å². The Morgan fingerprint density at radius 2 is 1.79 bits per heavy atom. The van der Waals surface area contributed by atoms with E-state index >= 15 is 0 Å². The lowest BCUT2D eigenvalue weighted by atomic mass is 10.2. The summed E-state index contributed by atoms with van der Waals surface area (Å²) in [5, 5.41) is 0. The Morgan fingerprint density at radius 1 is 1.12 bits per heavy atom. The smallest absolute Gasteiger partial charge is 0.264 e. The average molecular weight is 349 g/mol. The van der Waals surface area contributed by atoms with E-state index in [1.807, 2.05) is 6.92 Å². The molecule has 3 nitrogen and oxygen atoms in total. The maximum Gasteiger partial charge on any atom is 0.264 e. The fraction of sp³-hybridized carbons (Fsp3) is 0.263. The van der Waals surface area contributed by atoms with E-state index < -0.39 is 10.0 Å². The maximum absolute atomic E-state index is 13.2. The van der Waals surface area contributed by atoms with Gasteiger partial charge in [0, 0.05) is 6.20 Å². The van der Waals surface area contributed by atoms with E-state index in [1.54, 1.807) is 62.4 Å². The summed E-state index contributed by atoms with van der Waals surface area (Å²) in [4.78, 5) is 0.249. The van der Waals surface area contributed by atoms with Gasteiger partial charge < -0.3 is 0 Å². The lowest BCUT2D eigenvalue weighted by Crippen LogP contribution is -2.26. The molecule has 0 atom stereocenters. The van der Waals surface area contributed by atoms with Crippen molar-refractivity contribution in [2.45, 2.75) is 32.1 Å². The van der Waals surface area contributed by atoms with Crippen LogP contribution in [0.2, 0.25) is 0 Å². The third-order valence-electron chi connectivity index (χ3n) is 3.17. The van der Waals surface area contributed by atoms with E-state index in [0.29, 0.717) is 6.42 Å².